The number of fused-ring (bicyclic) bond motifs is 11. The molecule has 0 spiro atoms. The fraction of sp³-hybridized carbons (Fsp3) is 0.222. The SMILES string of the molecule is CCC1(CC)c2cc(-c3ccc4c(c3)C(CC)(CC)c3cc(-c5ccc6ccccc6c5)ccc3-4)ccc2-c2ccc(-c3ccc4c(c3)C(CC)(CC)c3cc(-c5ccc6ccccc6c5C)ccc3-4)cc21. The molecule has 0 bridgehead atoms. The van der Waals surface area contributed by atoms with Crippen LogP contribution in [0, 0.1) is 6.92 Å². The Morgan fingerprint density at radius 1 is 0.250 bits per heavy atom. The third kappa shape index (κ3) is 6.17. The van der Waals surface area contributed by atoms with Gasteiger partial charge in [0.2, 0.25) is 0 Å². The molecule has 0 aliphatic heterocycles. The molecule has 0 fully saturated rings. The van der Waals surface area contributed by atoms with Gasteiger partial charge in [-0.3, -0.25) is 0 Å². The molecule has 0 amide bonds. The Labute approximate surface area is 427 Å². The normalized spacial score (nSPS) is 15.0. The van der Waals surface area contributed by atoms with Crippen molar-refractivity contribution in [2.75, 3.05) is 0 Å². The molecule has 0 radical (unpaired) electrons. The molecular formula is C72H64. The van der Waals surface area contributed by atoms with Gasteiger partial charge in [-0.1, -0.05) is 187 Å². The summed E-state index contributed by atoms with van der Waals surface area (Å²) >= 11 is 0. The van der Waals surface area contributed by atoms with E-state index in [1.54, 1.807) is 0 Å². The molecule has 3 aliphatic carbocycles. The van der Waals surface area contributed by atoms with Crippen LogP contribution in [0.1, 0.15) is 119 Å². The van der Waals surface area contributed by atoms with Gasteiger partial charge in [-0.25, -0.2) is 0 Å². The Bertz CT molecular complexity index is 3840. The zero-order valence-corrected chi connectivity index (χ0v) is 43.1. The van der Waals surface area contributed by atoms with E-state index < -0.39 is 0 Å². The maximum Gasteiger partial charge on any atom is 0.0210 e. The molecule has 0 saturated carbocycles. The minimum Gasteiger partial charge on any atom is -0.0642 e. The Kier molecular flexibility index (Phi) is 10.3. The van der Waals surface area contributed by atoms with Gasteiger partial charge in [0.25, 0.3) is 0 Å². The topological polar surface area (TPSA) is 0 Å². The third-order valence-electron chi connectivity index (χ3n) is 19.0. The molecule has 0 N–H and O–H groups in total. The van der Waals surface area contributed by atoms with Crippen LogP contribution in [0.4, 0.5) is 0 Å². The van der Waals surface area contributed by atoms with Gasteiger partial charge < -0.3 is 0 Å². The van der Waals surface area contributed by atoms with Gasteiger partial charge in [0.1, 0.15) is 0 Å². The van der Waals surface area contributed by atoms with E-state index in [0.717, 1.165) is 38.5 Å². The summed E-state index contributed by atoms with van der Waals surface area (Å²) in [5.41, 5.74) is 29.0. The Balaban J connectivity index is 0.847. The smallest absolute Gasteiger partial charge is 0.0210 e. The molecule has 13 rings (SSSR count). The summed E-state index contributed by atoms with van der Waals surface area (Å²) < 4.78 is 0. The van der Waals surface area contributed by atoms with Crippen LogP contribution in [0.2, 0.25) is 0 Å². The molecular weight excluding hydrogens is 865 g/mol. The van der Waals surface area contributed by atoms with Crippen molar-refractivity contribution in [2.45, 2.75) is 103 Å². The van der Waals surface area contributed by atoms with Crippen LogP contribution in [0.15, 0.2) is 188 Å². The predicted octanol–water partition coefficient (Wildman–Crippen LogP) is 20.2. The van der Waals surface area contributed by atoms with Crippen molar-refractivity contribution in [3.05, 3.63) is 227 Å². The van der Waals surface area contributed by atoms with Crippen molar-refractivity contribution in [1.82, 2.24) is 0 Å². The van der Waals surface area contributed by atoms with Crippen LogP contribution in [-0.2, 0) is 16.2 Å². The monoisotopic (exact) mass is 929 g/mol. The zero-order valence-electron chi connectivity index (χ0n) is 43.1. The summed E-state index contributed by atoms with van der Waals surface area (Å²) in [5, 5.41) is 5.21. The highest BCUT2D eigenvalue weighted by Crippen LogP contribution is 2.58. The van der Waals surface area contributed by atoms with E-state index >= 15 is 0 Å². The lowest BCUT2D eigenvalue weighted by atomic mass is 9.72. The maximum absolute atomic E-state index is 2.57. The summed E-state index contributed by atoms with van der Waals surface area (Å²) in [6.45, 7) is 16.7. The highest BCUT2D eigenvalue weighted by Gasteiger charge is 2.44. The van der Waals surface area contributed by atoms with Crippen LogP contribution in [0.3, 0.4) is 0 Å². The van der Waals surface area contributed by atoms with Crippen molar-refractivity contribution in [1.29, 1.82) is 0 Å². The van der Waals surface area contributed by atoms with Gasteiger partial charge in [0, 0.05) is 16.2 Å². The predicted molar refractivity (Wildman–Crippen MR) is 308 cm³/mol. The lowest BCUT2D eigenvalue weighted by Gasteiger charge is -2.31. The van der Waals surface area contributed by atoms with Gasteiger partial charge in [0.15, 0.2) is 0 Å². The van der Waals surface area contributed by atoms with Crippen molar-refractivity contribution >= 4 is 21.5 Å². The summed E-state index contributed by atoms with van der Waals surface area (Å²) in [6, 6.07) is 73.2. The molecule has 0 aromatic heterocycles. The van der Waals surface area contributed by atoms with E-state index in [4.69, 9.17) is 0 Å². The highest BCUT2D eigenvalue weighted by atomic mass is 14.5. The molecule has 0 heterocycles. The zero-order chi connectivity index (χ0) is 49.1. The first-order valence-electron chi connectivity index (χ1n) is 27.1. The highest BCUT2D eigenvalue weighted by molar-refractivity contribution is 5.95. The average molecular weight is 929 g/mol. The number of hydrogen-bond acceptors (Lipinski definition) is 0. The fourth-order valence-electron chi connectivity index (χ4n) is 14.7. The van der Waals surface area contributed by atoms with Crippen molar-refractivity contribution in [3.8, 4) is 77.9 Å². The van der Waals surface area contributed by atoms with Gasteiger partial charge in [-0.15, -0.1) is 0 Å². The van der Waals surface area contributed by atoms with E-state index in [1.807, 2.05) is 0 Å². The number of aryl methyl sites for hydroxylation is 1. The lowest BCUT2D eigenvalue weighted by Crippen LogP contribution is -2.23. The molecule has 0 atom stereocenters. The van der Waals surface area contributed by atoms with E-state index in [-0.39, 0.29) is 16.2 Å². The summed E-state index contributed by atoms with van der Waals surface area (Å²) in [7, 11) is 0. The van der Waals surface area contributed by atoms with Crippen LogP contribution in [-0.4, -0.2) is 0 Å². The molecule has 10 aromatic rings. The number of benzene rings is 10. The standard InChI is InChI=1S/C72H64/c1-8-70(9-2)64-39-50(49-23-22-46-18-14-15-20-48(46)38-49)25-32-58(64)59-33-26-51(40-65(59)70)52-27-34-60-61-35-28-53(42-67(61)71(10-3,11-4)66(60)41-52)54-29-36-62-63-37-30-55(44-69(63)72(12-5,13-6)68(62)43-54)57-31-24-47-19-16-17-21-56(47)45(57)7/h14-44H,8-13H2,1-7H3. The Morgan fingerprint density at radius 3 is 0.917 bits per heavy atom. The minimum atomic E-state index is -0.0692. The number of hydrogen-bond donors (Lipinski definition) is 0. The third-order valence-corrected chi connectivity index (χ3v) is 19.0. The Hall–Kier alpha value is -7.28. The van der Waals surface area contributed by atoms with Gasteiger partial charge in [-0.2, -0.15) is 0 Å². The number of rotatable bonds is 10. The molecule has 0 heteroatoms. The Morgan fingerprint density at radius 2 is 0.528 bits per heavy atom. The first-order valence-corrected chi connectivity index (χ1v) is 27.1. The van der Waals surface area contributed by atoms with Crippen LogP contribution >= 0.6 is 0 Å². The van der Waals surface area contributed by atoms with E-state index in [1.165, 1.54) is 138 Å². The molecule has 0 nitrogen and oxygen atoms in total. The molecule has 0 saturated heterocycles. The quantitative estimate of drug-likeness (QED) is 0.128. The maximum atomic E-state index is 2.57. The lowest BCUT2D eigenvalue weighted by molar-refractivity contribution is 0.490. The van der Waals surface area contributed by atoms with Gasteiger partial charge in [-0.05, 0) is 226 Å². The molecule has 10 aromatic carbocycles. The van der Waals surface area contributed by atoms with E-state index in [2.05, 4.69) is 237 Å². The summed E-state index contributed by atoms with van der Waals surface area (Å²) in [4.78, 5) is 0. The van der Waals surface area contributed by atoms with Crippen LogP contribution in [0.5, 0.6) is 0 Å². The summed E-state index contributed by atoms with van der Waals surface area (Å²) in [6.07, 6.45) is 6.35. The van der Waals surface area contributed by atoms with Crippen molar-refractivity contribution in [3.63, 3.8) is 0 Å². The molecule has 3 aliphatic rings. The first-order chi connectivity index (χ1) is 35.2. The molecule has 352 valence electrons. The first kappa shape index (κ1) is 44.6. The van der Waals surface area contributed by atoms with E-state index in [9.17, 15) is 0 Å². The van der Waals surface area contributed by atoms with E-state index in [0.29, 0.717) is 0 Å². The largest absolute Gasteiger partial charge is 0.0642 e. The van der Waals surface area contributed by atoms with Gasteiger partial charge >= 0.3 is 0 Å². The molecule has 0 unspecified atom stereocenters. The average Bonchev–Trinajstić information content (AvgIpc) is 4.00. The fourth-order valence-corrected chi connectivity index (χ4v) is 14.7. The second kappa shape index (κ2) is 16.6. The van der Waals surface area contributed by atoms with Gasteiger partial charge in [0.05, 0.1) is 0 Å². The minimum absolute atomic E-state index is 0.0400. The summed E-state index contributed by atoms with van der Waals surface area (Å²) in [5.74, 6) is 0. The molecule has 72 heavy (non-hydrogen) atoms. The van der Waals surface area contributed by atoms with Crippen molar-refractivity contribution in [2.24, 2.45) is 0 Å². The van der Waals surface area contributed by atoms with Crippen LogP contribution in [0.25, 0.3) is 99.4 Å². The second-order valence-corrected chi connectivity index (χ2v) is 21.5. The van der Waals surface area contributed by atoms with Crippen LogP contribution < -0.4 is 0 Å². The second-order valence-electron chi connectivity index (χ2n) is 21.5. The van der Waals surface area contributed by atoms with Crippen molar-refractivity contribution < 1.29 is 0 Å².